The van der Waals surface area contributed by atoms with E-state index in [2.05, 4.69) is 16.5 Å². The van der Waals surface area contributed by atoms with Gasteiger partial charge in [0, 0.05) is 11.4 Å². The molecule has 0 aliphatic heterocycles. The summed E-state index contributed by atoms with van der Waals surface area (Å²) >= 11 is 0. The summed E-state index contributed by atoms with van der Waals surface area (Å²) in [7, 11) is 0. The van der Waals surface area contributed by atoms with Gasteiger partial charge in [0.2, 0.25) is 5.91 Å². The van der Waals surface area contributed by atoms with Crippen molar-refractivity contribution in [2.24, 2.45) is 5.73 Å². The molecule has 3 N–H and O–H groups in total. The van der Waals surface area contributed by atoms with Crippen molar-refractivity contribution in [1.29, 1.82) is 0 Å². The molecule has 0 aliphatic rings. The van der Waals surface area contributed by atoms with E-state index in [0.29, 0.717) is 13.0 Å². The van der Waals surface area contributed by atoms with Gasteiger partial charge in [-0.05, 0) is 44.0 Å². The van der Waals surface area contributed by atoms with Crippen LogP contribution < -0.4 is 11.1 Å². The minimum atomic E-state index is -0.339. The molecule has 0 bridgehead atoms. The van der Waals surface area contributed by atoms with Crippen molar-refractivity contribution in [3.05, 3.63) is 47.3 Å². The number of amides is 1. The van der Waals surface area contributed by atoms with Gasteiger partial charge in [-0.3, -0.25) is 9.48 Å². The predicted molar refractivity (Wildman–Crippen MR) is 84.1 cm³/mol. The molecule has 2 aromatic rings. The lowest BCUT2D eigenvalue weighted by atomic mass is 10.1. The standard InChI is InChI=1S/C16H22N4O/c1-4-15(16(17)21)18-14-7-5-6-13(9-14)10-20-12(3)8-11(2)19-20/h5-9,15,18H,4,10H2,1-3H3,(H2,17,21)/t15-/m1/s1. The summed E-state index contributed by atoms with van der Waals surface area (Å²) < 4.78 is 1.97. The van der Waals surface area contributed by atoms with Gasteiger partial charge < -0.3 is 11.1 Å². The molecule has 0 saturated carbocycles. The maximum atomic E-state index is 11.3. The van der Waals surface area contributed by atoms with Crippen LogP contribution in [0.5, 0.6) is 0 Å². The van der Waals surface area contributed by atoms with Gasteiger partial charge in [-0.25, -0.2) is 0 Å². The number of primary amides is 1. The van der Waals surface area contributed by atoms with Crippen LogP contribution in [0.3, 0.4) is 0 Å². The predicted octanol–water partition coefficient (Wildman–Crippen LogP) is 2.22. The van der Waals surface area contributed by atoms with Gasteiger partial charge in [0.1, 0.15) is 6.04 Å². The molecule has 5 nitrogen and oxygen atoms in total. The third-order valence-electron chi connectivity index (χ3n) is 3.46. The number of carbonyl (C=O) groups is 1. The topological polar surface area (TPSA) is 72.9 Å². The molecular weight excluding hydrogens is 264 g/mol. The van der Waals surface area contributed by atoms with Crippen LogP contribution in [0.15, 0.2) is 30.3 Å². The highest BCUT2D eigenvalue weighted by atomic mass is 16.1. The highest BCUT2D eigenvalue weighted by Crippen LogP contribution is 2.15. The molecule has 0 radical (unpaired) electrons. The molecule has 0 saturated heterocycles. The van der Waals surface area contributed by atoms with E-state index in [0.717, 1.165) is 22.6 Å². The molecule has 1 heterocycles. The van der Waals surface area contributed by atoms with E-state index < -0.39 is 0 Å². The number of hydrogen-bond acceptors (Lipinski definition) is 3. The van der Waals surface area contributed by atoms with E-state index in [4.69, 9.17) is 5.73 Å². The first kappa shape index (κ1) is 15.1. The van der Waals surface area contributed by atoms with Crippen LogP contribution in [0.25, 0.3) is 0 Å². The van der Waals surface area contributed by atoms with Crippen molar-refractivity contribution in [2.45, 2.75) is 39.8 Å². The van der Waals surface area contributed by atoms with Crippen molar-refractivity contribution in [3.8, 4) is 0 Å². The zero-order valence-corrected chi connectivity index (χ0v) is 12.8. The Morgan fingerprint density at radius 2 is 2.14 bits per heavy atom. The lowest BCUT2D eigenvalue weighted by Crippen LogP contribution is -2.34. The highest BCUT2D eigenvalue weighted by molar-refractivity contribution is 5.82. The number of nitrogens with zero attached hydrogens (tertiary/aromatic N) is 2. The third kappa shape index (κ3) is 3.84. The second-order valence-corrected chi connectivity index (χ2v) is 5.29. The summed E-state index contributed by atoms with van der Waals surface area (Å²) in [6.45, 7) is 6.67. The summed E-state index contributed by atoms with van der Waals surface area (Å²) in [5.41, 5.74) is 9.55. The third-order valence-corrected chi connectivity index (χ3v) is 3.46. The molecule has 0 unspecified atom stereocenters. The van der Waals surface area contributed by atoms with Crippen LogP contribution in [0.1, 0.15) is 30.3 Å². The largest absolute Gasteiger partial charge is 0.374 e. The molecule has 1 atom stereocenters. The number of aryl methyl sites for hydroxylation is 2. The SMILES string of the molecule is CC[C@@H](Nc1cccc(Cn2nc(C)cc2C)c1)C(N)=O. The summed E-state index contributed by atoms with van der Waals surface area (Å²) in [4.78, 5) is 11.3. The van der Waals surface area contributed by atoms with Crippen LogP contribution in [-0.2, 0) is 11.3 Å². The molecule has 1 amide bonds. The quantitative estimate of drug-likeness (QED) is 0.855. The van der Waals surface area contributed by atoms with Crippen molar-refractivity contribution < 1.29 is 4.79 Å². The zero-order chi connectivity index (χ0) is 15.4. The number of nitrogens with one attached hydrogen (secondary N) is 1. The molecule has 0 spiro atoms. The fourth-order valence-electron chi connectivity index (χ4n) is 2.34. The summed E-state index contributed by atoms with van der Waals surface area (Å²) in [5.74, 6) is -0.332. The van der Waals surface area contributed by atoms with Gasteiger partial charge in [0.25, 0.3) is 0 Å². The number of aromatic nitrogens is 2. The molecule has 2 rings (SSSR count). The molecule has 5 heteroatoms. The molecule has 0 fully saturated rings. The van der Waals surface area contributed by atoms with E-state index in [1.165, 1.54) is 0 Å². The smallest absolute Gasteiger partial charge is 0.239 e. The van der Waals surface area contributed by atoms with E-state index in [1.807, 2.05) is 49.7 Å². The fraction of sp³-hybridized carbons (Fsp3) is 0.375. The van der Waals surface area contributed by atoms with E-state index >= 15 is 0 Å². The Morgan fingerprint density at radius 1 is 1.38 bits per heavy atom. The summed E-state index contributed by atoms with van der Waals surface area (Å²) in [5, 5.41) is 7.63. The average molecular weight is 286 g/mol. The molecular formula is C16H22N4O. The van der Waals surface area contributed by atoms with Gasteiger partial charge in [-0.15, -0.1) is 0 Å². The van der Waals surface area contributed by atoms with Gasteiger partial charge in [-0.2, -0.15) is 5.10 Å². The van der Waals surface area contributed by atoms with E-state index in [-0.39, 0.29) is 11.9 Å². The lowest BCUT2D eigenvalue weighted by Gasteiger charge is -2.15. The van der Waals surface area contributed by atoms with Crippen LogP contribution in [-0.4, -0.2) is 21.7 Å². The van der Waals surface area contributed by atoms with Gasteiger partial charge in [0.15, 0.2) is 0 Å². The van der Waals surface area contributed by atoms with Crippen molar-refractivity contribution >= 4 is 11.6 Å². The highest BCUT2D eigenvalue weighted by Gasteiger charge is 2.12. The van der Waals surface area contributed by atoms with Crippen molar-refractivity contribution in [3.63, 3.8) is 0 Å². The first-order chi connectivity index (χ1) is 9.99. The number of anilines is 1. The van der Waals surface area contributed by atoms with Gasteiger partial charge in [0.05, 0.1) is 12.2 Å². The van der Waals surface area contributed by atoms with E-state index in [9.17, 15) is 4.79 Å². The summed E-state index contributed by atoms with van der Waals surface area (Å²) in [6, 6.07) is 9.71. The van der Waals surface area contributed by atoms with Crippen LogP contribution in [0, 0.1) is 13.8 Å². The number of benzene rings is 1. The maximum absolute atomic E-state index is 11.3. The minimum absolute atomic E-state index is 0.332. The number of hydrogen-bond donors (Lipinski definition) is 2. The second kappa shape index (κ2) is 6.43. The first-order valence-electron chi connectivity index (χ1n) is 7.15. The Balaban J connectivity index is 2.14. The Kier molecular flexibility index (Phi) is 4.62. The van der Waals surface area contributed by atoms with Gasteiger partial charge in [-0.1, -0.05) is 19.1 Å². The minimum Gasteiger partial charge on any atom is -0.374 e. The monoisotopic (exact) mass is 286 g/mol. The number of nitrogens with two attached hydrogens (primary N) is 1. The molecule has 1 aromatic carbocycles. The molecule has 1 aromatic heterocycles. The number of rotatable bonds is 6. The molecule has 112 valence electrons. The van der Waals surface area contributed by atoms with Gasteiger partial charge >= 0.3 is 0 Å². The Hall–Kier alpha value is -2.30. The average Bonchev–Trinajstić information content (AvgIpc) is 2.74. The summed E-state index contributed by atoms with van der Waals surface area (Å²) in [6.07, 6.45) is 0.664. The van der Waals surface area contributed by atoms with Crippen LogP contribution in [0.4, 0.5) is 5.69 Å². The Labute approximate surface area is 125 Å². The fourth-order valence-corrected chi connectivity index (χ4v) is 2.34. The molecule has 21 heavy (non-hydrogen) atoms. The normalized spacial score (nSPS) is 12.1. The van der Waals surface area contributed by atoms with Crippen LogP contribution in [0.2, 0.25) is 0 Å². The Morgan fingerprint density at radius 3 is 2.71 bits per heavy atom. The molecule has 0 aliphatic carbocycles. The first-order valence-corrected chi connectivity index (χ1v) is 7.15. The second-order valence-electron chi connectivity index (χ2n) is 5.29. The number of carbonyl (C=O) groups excluding carboxylic acids is 1. The Bertz CT molecular complexity index is 633. The van der Waals surface area contributed by atoms with Crippen molar-refractivity contribution in [2.75, 3.05) is 5.32 Å². The lowest BCUT2D eigenvalue weighted by molar-refractivity contribution is -0.118. The van der Waals surface area contributed by atoms with E-state index in [1.54, 1.807) is 0 Å². The maximum Gasteiger partial charge on any atom is 0.239 e. The van der Waals surface area contributed by atoms with Crippen LogP contribution >= 0.6 is 0 Å². The zero-order valence-electron chi connectivity index (χ0n) is 12.8. The van der Waals surface area contributed by atoms with Crippen molar-refractivity contribution in [1.82, 2.24) is 9.78 Å².